The average Bonchev–Trinajstić information content (AvgIpc) is 3.00. The van der Waals surface area contributed by atoms with Crippen LogP contribution in [0.25, 0.3) is 10.2 Å². The Labute approximate surface area is 125 Å². The van der Waals surface area contributed by atoms with Crippen molar-refractivity contribution < 1.29 is 4.79 Å². The Kier molecular flexibility index (Phi) is 3.55. The summed E-state index contributed by atoms with van der Waals surface area (Å²) in [4.78, 5) is 15.1. The molecule has 0 bridgehead atoms. The fourth-order valence-electron chi connectivity index (χ4n) is 2.17. The van der Waals surface area contributed by atoms with Crippen LogP contribution in [0.2, 0.25) is 0 Å². The number of nitrogens with two attached hydrogens (primary N) is 2. The number of nitrogen functional groups attached to an aromatic ring is 1. The van der Waals surface area contributed by atoms with E-state index in [-0.39, 0.29) is 5.91 Å². The van der Waals surface area contributed by atoms with Gasteiger partial charge in [0.15, 0.2) is 5.13 Å². The third-order valence-corrected chi connectivity index (χ3v) is 4.04. The smallest absolute Gasteiger partial charge is 0.245 e. The van der Waals surface area contributed by atoms with Crippen LogP contribution in [0.4, 0.5) is 10.8 Å². The first kappa shape index (κ1) is 13.5. The minimum absolute atomic E-state index is 0.0359. The maximum Gasteiger partial charge on any atom is 0.245 e. The van der Waals surface area contributed by atoms with Gasteiger partial charge in [-0.05, 0) is 23.8 Å². The molecule has 0 aliphatic carbocycles. The van der Waals surface area contributed by atoms with Crippen molar-refractivity contribution in [1.82, 2.24) is 4.98 Å². The third kappa shape index (κ3) is 2.72. The summed E-state index contributed by atoms with van der Waals surface area (Å²) in [5.74, 6) is 5.44. The molecule has 1 aliphatic heterocycles. The molecule has 0 spiro atoms. The van der Waals surface area contributed by atoms with Crippen LogP contribution < -0.4 is 16.6 Å². The lowest BCUT2D eigenvalue weighted by atomic mass is 10.2. The molecule has 6 heteroatoms. The molecule has 0 saturated heterocycles. The van der Waals surface area contributed by atoms with Crippen LogP contribution in [-0.2, 0) is 11.2 Å². The standard InChI is InChI=1S/C8H8N2O.C7H6N2S/c9-10-7-4-2-1-3-6(7)5-8(10)11;8-7-9-5-3-1-2-4-6(5)10-7/h1-4H,5,9H2;1-4H,(H2,8,9). The zero-order valence-corrected chi connectivity index (χ0v) is 12.0. The summed E-state index contributed by atoms with van der Waals surface area (Å²) in [6.07, 6.45) is 0.437. The van der Waals surface area contributed by atoms with Crippen molar-refractivity contribution in [3.05, 3.63) is 54.1 Å². The molecule has 0 atom stereocenters. The average molecular weight is 298 g/mol. The number of carbonyl (C=O) groups is 1. The Morgan fingerprint density at radius 3 is 2.57 bits per heavy atom. The SMILES string of the molecule is NN1C(=O)Cc2ccccc21.Nc1nc2ccccc2s1. The van der Waals surface area contributed by atoms with Gasteiger partial charge in [-0.3, -0.25) is 4.79 Å². The second-order valence-corrected chi connectivity index (χ2v) is 5.65. The van der Waals surface area contributed by atoms with E-state index in [2.05, 4.69) is 4.98 Å². The minimum Gasteiger partial charge on any atom is -0.375 e. The summed E-state index contributed by atoms with van der Waals surface area (Å²) < 4.78 is 1.15. The van der Waals surface area contributed by atoms with Gasteiger partial charge < -0.3 is 5.73 Å². The van der Waals surface area contributed by atoms with Crippen LogP contribution in [0.5, 0.6) is 0 Å². The topological polar surface area (TPSA) is 85.2 Å². The predicted molar refractivity (Wildman–Crippen MR) is 85.9 cm³/mol. The predicted octanol–water partition coefficient (Wildman–Crippen LogP) is 2.33. The molecule has 0 unspecified atom stereocenters. The molecular weight excluding hydrogens is 284 g/mol. The normalized spacial score (nSPS) is 13.0. The number of nitrogens with zero attached hydrogens (tertiary/aromatic N) is 2. The number of para-hydroxylation sites is 2. The summed E-state index contributed by atoms with van der Waals surface area (Å²) in [6, 6.07) is 15.5. The molecule has 5 nitrogen and oxygen atoms in total. The highest BCUT2D eigenvalue weighted by Crippen LogP contribution is 2.25. The highest BCUT2D eigenvalue weighted by atomic mass is 32.1. The molecule has 21 heavy (non-hydrogen) atoms. The fourth-order valence-corrected chi connectivity index (χ4v) is 2.90. The first-order valence-corrected chi connectivity index (χ1v) is 7.23. The second kappa shape index (κ2) is 5.51. The monoisotopic (exact) mass is 298 g/mol. The van der Waals surface area contributed by atoms with Crippen molar-refractivity contribution in [2.24, 2.45) is 5.84 Å². The summed E-state index contributed by atoms with van der Waals surface area (Å²) in [5, 5.41) is 1.84. The molecule has 0 radical (unpaired) electrons. The van der Waals surface area contributed by atoms with Crippen molar-refractivity contribution in [2.45, 2.75) is 6.42 Å². The van der Waals surface area contributed by atoms with E-state index in [0.717, 1.165) is 21.5 Å². The van der Waals surface area contributed by atoms with Gasteiger partial charge in [0, 0.05) is 0 Å². The molecule has 0 saturated carbocycles. The number of amides is 1. The number of carbonyl (C=O) groups excluding carboxylic acids is 1. The molecule has 2 heterocycles. The highest BCUT2D eigenvalue weighted by molar-refractivity contribution is 7.22. The van der Waals surface area contributed by atoms with E-state index >= 15 is 0 Å². The lowest BCUT2D eigenvalue weighted by molar-refractivity contribution is -0.117. The van der Waals surface area contributed by atoms with Gasteiger partial charge in [0.1, 0.15) is 0 Å². The Morgan fingerprint density at radius 2 is 1.81 bits per heavy atom. The lowest BCUT2D eigenvalue weighted by Gasteiger charge is -2.07. The van der Waals surface area contributed by atoms with E-state index in [0.29, 0.717) is 11.6 Å². The van der Waals surface area contributed by atoms with Gasteiger partial charge in [-0.1, -0.05) is 41.7 Å². The number of hydrogen-bond acceptors (Lipinski definition) is 5. The molecule has 1 aromatic heterocycles. The summed E-state index contributed by atoms with van der Waals surface area (Å²) in [6.45, 7) is 0. The number of thiazole rings is 1. The number of rotatable bonds is 0. The van der Waals surface area contributed by atoms with E-state index in [4.69, 9.17) is 11.6 Å². The van der Waals surface area contributed by atoms with Crippen LogP contribution in [0.1, 0.15) is 5.56 Å². The maximum absolute atomic E-state index is 11.0. The number of anilines is 2. The van der Waals surface area contributed by atoms with Crippen molar-refractivity contribution in [2.75, 3.05) is 10.7 Å². The lowest BCUT2D eigenvalue weighted by Crippen LogP contribution is -2.33. The van der Waals surface area contributed by atoms with Crippen LogP contribution in [0, 0.1) is 0 Å². The number of hydrazine groups is 1. The zero-order chi connectivity index (χ0) is 14.8. The summed E-state index contributed by atoms with van der Waals surface area (Å²) >= 11 is 1.52. The fraction of sp³-hybridized carbons (Fsp3) is 0.0667. The molecule has 4 N–H and O–H groups in total. The number of aromatic nitrogens is 1. The zero-order valence-electron chi connectivity index (χ0n) is 11.2. The first-order valence-electron chi connectivity index (χ1n) is 6.42. The van der Waals surface area contributed by atoms with Gasteiger partial charge in [0.05, 0.1) is 22.3 Å². The molecule has 106 valence electrons. The first-order chi connectivity index (χ1) is 10.1. The highest BCUT2D eigenvalue weighted by Gasteiger charge is 2.23. The third-order valence-electron chi connectivity index (χ3n) is 3.17. The van der Waals surface area contributed by atoms with Gasteiger partial charge >= 0.3 is 0 Å². The molecule has 4 rings (SSSR count). The molecule has 1 amide bonds. The van der Waals surface area contributed by atoms with Crippen molar-refractivity contribution in [1.29, 1.82) is 0 Å². The van der Waals surface area contributed by atoms with E-state index in [1.807, 2.05) is 48.5 Å². The van der Waals surface area contributed by atoms with Gasteiger partial charge in [0.25, 0.3) is 0 Å². The molecule has 0 fully saturated rings. The molecular formula is C15H14N4OS. The Balaban J connectivity index is 0.000000126. The van der Waals surface area contributed by atoms with Gasteiger partial charge in [0.2, 0.25) is 5.91 Å². The molecule has 2 aromatic carbocycles. The number of benzene rings is 2. The van der Waals surface area contributed by atoms with Gasteiger partial charge in [-0.25, -0.2) is 15.8 Å². The van der Waals surface area contributed by atoms with E-state index < -0.39 is 0 Å². The van der Waals surface area contributed by atoms with Gasteiger partial charge in [-0.2, -0.15) is 0 Å². The quantitative estimate of drug-likeness (QED) is 0.493. The Bertz CT molecular complexity index is 766. The van der Waals surface area contributed by atoms with E-state index in [9.17, 15) is 4.79 Å². The minimum atomic E-state index is -0.0359. The number of hydrogen-bond donors (Lipinski definition) is 2. The number of fused-ring (bicyclic) bond motifs is 2. The Hall–Kier alpha value is -2.44. The van der Waals surface area contributed by atoms with Crippen molar-refractivity contribution in [3.63, 3.8) is 0 Å². The maximum atomic E-state index is 11.0. The summed E-state index contributed by atoms with van der Waals surface area (Å²) in [5.41, 5.74) is 8.33. The van der Waals surface area contributed by atoms with Crippen LogP contribution in [0.3, 0.4) is 0 Å². The largest absolute Gasteiger partial charge is 0.375 e. The molecule has 1 aliphatic rings. The van der Waals surface area contributed by atoms with Crippen LogP contribution >= 0.6 is 11.3 Å². The van der Waals surface area contributed by atoms with Crippen LogP contribution in [-0.4, -0.2) is 10.9 Å². The van der Waals surface area contributed by atoms with E-state index in [1.54, 1.807) is 0 Å². The van der Waals surface area contributed by atoms with Crippen molar-refractivity contribution >= 4 is 38.3 Å². The second-order valence-electron chi connectivity index (χ2n) is 4.59. The van der Waals surface area contributed by atoms with Crippen LogP contribution in [0.15, 0.2) is 48.5 Å². The summed E-state index contributed by atoms with van der Waals surface area (Å²) in [7, 11) is 0. The van der Waals surface area contributed by atoms with Crippen molar-refractivity contribution in [3.8, 4) is 0 Å². The van der Waals surface area contributed by atoms with E-state index in [1.165, 1.54) is 16.3 Å². The molecule has 3 aromatic rings. The van der Waals surface area contributed by atoms with Gasteiger partial charge in [-0.15, -0.1) is 0 Å². The Morgan fingerprint density at radius 1 is 1.10 bits per heavy atom.